The molecule has 0 radical (unpaired) electrons. The van der Waals surface area contributed by atoms with Gasteiger partial charge >= 0.3 is 0 Å². The number of imidazole rings is 1. The van der Waals surface area contributed by atoms with Gasteiger partial charge in [0, 0.05) is 13.2 Å². The molecule has 62 valence electrons. The molecule has 0 unspecified atom stereocenters. The highest BCUT2D eigenvalue weighted by molar-refractivity contribution is 6.01. The average Bonchev–Trinajstić information content (AvgIpc) is 2.47. The predicted molar refractivity (Wildman–Crippen MR) is 47.4 cm³/mol. The van der Waals surface area contributed by atoms with Crippen molar-refractivity contribution in [2.75, 3.05) is 0 Å². The molecule has 0 saturated heterocycles. The van der Waals surface area contributed by atoms with Crippen LogP contribution in [0.5, 0.6) is 0 Å². The molecular formula is C9H10N2O. The Labute approximate surface area is 71.0 Å². The minimum absolute atomic E-state index is 0.111. The maximum atomic E-state index is 10.8. The molecule has 0 amide bonds. The van der Waals surface area contributed by atoms with Crippen LogP contribution >= 0.6 is 0 Å². The SMILES string of the molecule is C=CC(=O)/C=C/c1cn(C)cn1. The van der Waals surface area contributed by atoms with Crippen LogP contribution in [0.15, 0.2) is 31.3 Å². The Bertz CT molecular complexity index is 323. The van der Waals surface area contributed by atoms with Crippen LogP contribution in [0.4, 0.5) is 0 Å². The predicted octanol–water partition coefficient (Wildman–Crippen LogP) is 1.19. The van der Waals surface area contributed by atoms with Gasteiger partial charge in [0.15, 0.2) is 5.78 Å². The topological polar surface area (TPSA) is 34.9 Å². The molecule has 3 heteroatoms. The van der Waals surface area contributed by atoms with E-state index in [1.807, 2.05) is 17.8 Å². The highest BCUT2D eigenvalue weighted by atomic mass is 16.1. The van der Waals surface area contributed by atoms with Crippen LogP contribution in [-0.4, -0.2) is 15.3 Å². The Morgan fingerprint density at radius 2 is 2.50 bits per heavy atom. The summed E-state index contributed by atoms with van der Waals surface area (Å²) < 4.78 is 1.82. The van der Waals surface area contributed by atoms with E-state index in [-0.39, 0.29) is 5.78 Å². The van der Waals surface area contributed by atoms with Gasteiger partial charge in [-0.2, -0.15) is 0 Å². The zero-order chi connectivity index (χ0) is 8.97. The summed E-state index contributed by atoms with van der Waals surface area (Å²) in [5.74, 6) is -0.111. The van der Waals surface area contributed by atoms with Crippen molar-refractivity contribution < 1.29 is 4.79 Å². The zero-order valence-electron chi connectivity index (χ0n) is 6.90. The first-order valence-electron chi connectivity index (χ1n) is 3.55. The summed E-state index contributed by atoms with van der Waals surface area (Å²) in [6.07, 6.45) is 7.86. The summed E-state index contributed by atoms with van der Waals surface area (Å²) in [6, 6.07) is 0. The highest BCUT2D eigenvalue weighted by Gasteiger charge is 1.90. The van der Waals surface area contributed by atoms with Crippen molar-refractivity contribution in [2.24, 2.45) is 7.05 Å². The van der Waals surface area contributed by atoms with Gasteiger partial charge in [-0.05, 0) is 18.2 Å². The van der Waals surface area contributed by atoms with Crippen LogP contribution < -0.4 is 0 Å². The first-order chi connectivity index (χ1) is 5.72. The fourth-order valence-corrected chi connectivity index (χ4v) is 0.755. The maximum absolute atomic E-state index is 10.8. The summed E-state index contributed by atoms with van der Waals surface area (Å²) in [5, 5.41) is 0. The van der Waals surface area contributed by atoms with Crippen LogP contribution in [0.25, 0.3) is 6.08 Å². The fraction of sp³-hybridized carbons (Fsp3) is 0.111. The number of carbonyl (C=O) groups excluding carboxylic acids is 1. The fourth-order valence-electron chi connectivity index (χ4n) is 0.755. The molecule has 1 aromatic rings. The van der Waals surface area contributed by atoms with Gasteiger partial charge in [-0.3, -0.25) is 4.79 Å². The molecule has 0 aliphatic carbocycles. The van der Waals surface area contributed by atoms with Gasteiger partial charge in [-0.15, -0.1) is 0 Å². The van der Waals surface area contributed by atoms with Crippen LogP contribution in [0.1, 0.15) is 5.69 Å². The van der Waals surface area contributed by atoms with E-state index in [4.69, 9.17) is 0 Å². The summed E-state index contributed by atoms with van der Waals surface area (Å²) in [6.45, 7) is 3.35. The summed E-state index contributed by atoms with van der Waals surface area (Å²) >= 11 is 0. The summed E-state index contributed by atoms with van der Waals surface area (Å²) in [5.41, 5.74) is 0.771. The van der Waals surface area contributed by atoms with Gasteiger partial charge in [0.25, 0.3) is 0 Å². The van der Waals surface area contributed by atoms with Gasteiger partial charge in [-0.25, -0.2) is 4.98 Å². The molecule has 0 atom stereocenters. The van der Waals surface area contributed by atoms with Crippen molar-refractivity contribution in [1.29, 1.82) is 0 Å². The smallest absolute Gasteiger partial charge is 0.178 e. The number of carbonyl (C=O) groups is 1. The Balaban J connectivity index is 2.69. The molecule has 1 heterocycles. The first kappa shape index (κ1) is 8.46. The normalized spacial score (nSPS) is 10.4. The summed E-state index contributed by atoms with van der Waals surface area (Å²) in [4.78, 5) is 14.8. The van der Waals surface area contributed by atoms with Gasteiger partial charge in [-0.1, -0.05) is 6.58 Å². The number of nitrogens with zero attached hydrogens (tertiary/aromatic N) is 2. The van der Waals surface area contributed by atoms with Crippen molar-refractivity contribution in [3.8, 4) is 0 Å². The molecule has 1 aromatic heterocycles. The lowest BCUT2D eigenvalue weighted by Gasteiger charge is -1.82. The molecule has 0 aliphatic heterocycles. The Morgan fingerprint density at radius 3 is 3.00 bits per heavy atom. The van der Waals surface area contributed by atoms with Crippen LogP contribution in [0, 0.1) is 0 Å². The van der Waals surface area contributed by atoms with Crippen LogP contribution in [0.3, 0.4) is 0 Å². The van der Waals surface area contributed by atoms with E-state index in [0.717, 1.165) is 5.69 Å². The highest BCUT2D eigenvalue weighted by Crippen LogP contribution is 1.96. The van der Waals surface area contributed by atoms with E-state index in [1.165, 1.54) is 12.2 Å². The van der Waals surface area contributed by atoms with Gasteiger partial charge in [0.1, 0.15) is 0 Å². The Morgan fingerprint density at radius 1 is 1.75 bits per heavy atom. The molecule has 0 bridgehead atoms. The average molecular weight is 162 g/mol. The molecule has 0 aliphatic rings. The lowest BCUT2D eigenvalue weighted by atomic mass is 10.3. The van der Waals surface area contributed by atoms with Crippen LogP contribution in [0.2, 0.25) is 0 Å². The van der Waals surface area contributed by atoms with E-state index >= 15 is 0 Å². The summed E-state index contributed by atoms with van der Waals surface area (Å²) in [7, 11) is 1.87. The Kier molecular flexibility index (Phi) is 2.58. The molecule has 0 fully saturated rings. The van der Waals surface area contributed by atoms with Gasteiger partial charge in [0.2, 0.25) is 0 Å². The van der Waals surface area contributed by atoms with Crippen LogP contribution in [-0.2, 0) is 11.8 Å². The third-order valence-corrected chi connectivity index (χ3v) is 1.34. The molecule has 3 nitrogen and oxygen atoms in total. The molecule has 0 saturated carbocycles. The second-order valence-corrected chi connectivity index (χ2v) is 2.40. The second-order valence-electron chi connectivity index (χ2n) is 2.40. The van der Waals surface area contributed by atoms with Crippen molar-refractivity contribution in [3.63, 3.8) is 0 Å². The molecule has 0 aromatic carbocycles. The van der Waals surface area contributed by atoms with Crippen molar-refractivity contribution in [2.45, 2.75) is 0 Å². The number of aryl methyl sites for hydroxylation is 1. The molecule has 0 N–H and O–H groups in total. The molecular weight excluding hydrogens is 152 g/mol. The Hall–Kier alpha value is -1.64. The molecule has 12 heavy (non-hydrogen) atoms. The van der Waals surface area contributed by atoms with E-state index in [9.17, 15) is 4.79 Å². The van der Waals surface area contributed by atoms with E-state index < -0.39 is 0 Å². The van der Waals surface area contributed by atoms with E-state index in [1.54, 1.807) is 12.4 Å². The lowest BCUT2D eigenvalue weighted by molar-refractivity contribution is -0.110. The monoisotopic (exact) mass is 162 g/mol. The number of ketones is 1. The number of hydrogen-bond donors (Lipinski definition) is 0. The largest absolute Gasteiger partial charge is 0.340 e. The first-order valence-corrected chi connectivity index (χ1v) is 3.55. The van der Waals surface area contributed by atoms with Gasteiger partial charge in [0.05, 0.1) is 12.0 Å². The van der Waals surface area contributed by atoms with E-state index in [2.05, 4.69) is 11.6 Å². The standard InChI is InChI=1S/C9H10N2O/c1-3-9(12)5-4-8-6-11(2)7-10-8/h3-7H,1H2,2H3/b5-4+. The van der Waals surface area contributed by atoms with Crippen molar-refractivity contribution in [1.82, 2.24) is 9.55 Å². The second kappa shape index (κ2) is 3.67. The number of allylic oxidation sites excluding steroid dienone is 2. The van der Waals surface area contributed by atoms with Crippen molar-refractivity contribution in [3.05, 3.63) is 36.9 Å². The quantitative estimate of drug-likeness (QED) is 0.626. The zero-order valence-corrected chi connectivity index (χ0v) is 6.90. The number of aromatic nitrogens is 2. The number of hydrogen-bond acceptors (Lipinski definition) is 2. The van der Waals surface area contributed by atoms with E-state index in [0.29, 0.717) is 0 Å². The minimum atomic E-state index is -0.111. The third-order valence-electron chi connectivity index (χ3n) is 1.34. The van der Waals surface area contributed by atoms with Crippen molar-refractivity contribution >= 4 is 11.9 Å². The van der Waals surface area contributed by atoms with Gasteiger partial charge < -0.3 is 4.57 Å². The molecule has 0 spiro atoms. The number of rotatable bonds is 3. The minimum Gasteiger partial charge on any atom is -0.340 e. The molecule has 1 rings (SSSR count). The maximum Gasteiger partial charge on any atom is 0.178 e. The lowest BCUT2D eigenvalue weighted by Crippen LogP contribution is -1.82. The third kappa shape index (κ3) is 2.20.